The first-order valence-corrected chi connectivity index (χ1v) is 11.1. The molecule has 5 heteroatoms. The zero-order chi connectivity index (χ0) is 22.9. The van der Waals surface area contributed by atoms with Crippen molar-refractivity contribution in [3.63, 3.8) is 0 Å². The molecule has 3 rings (SSSR count). The van der Waals surface area contributed by atoms with E-state index in [9.17, 15) is 9.59 Å². The number of rotatable bonds is 10. The third-order valence-corrected chi connectivity index (χ3v) is 5.45. The van der Waals surface area contributed by atoms with Gasteiger partial charge in [0.2, 0.25) is 5.91 Å². The molecule has 1 atom stereocenters. The molecule has 0 spiro atoms. The van der Waals surface area contributed by atoms with Crippen molar-refractivity contribution in [2.24, 2.45) is 11.8 Å². The van der Waals surface area contributed by atoms with Gasteiger partial charge in [0.1, 0.15) is 0 Å². The van der Waals surface area contributed by atoms with Crippen LogP contribution < -0.4 is 5.48 Å². The van der Waals surface area contributed by atoms with Crippen LogP contribution in [0, 0.1) is 11.8 Å². The standard InChI is InChI=1S/C27H28ClNO3/c1-19(2)16-24(27(31)29-32-18-20-6-4-3-5-7-20)17-26(30)23-10-8-21(9-11-23)22-12-14-25(28)15-13-22/h3-15,19,24H,16-18H2,1-2H3,(H,29,31). The Hall–Kier alpha value is -2.95. The van der Waals surface area contributed by atoms with Crippen LogP contribution in [0.15, 0.2) is 78.9 Å². The van der Waals surface area contributed by atoms with Gasteiger partial charge in [-0.3, -0.25) is 14.4 Å². The summed E-state index contributed by atoms with van der Waals surface area (Å²) in [6.45, 7) is 4.36. The average molecular weight is 450 g/mol. The van der Waals surface area contributed by atoms with Gasteiger partial charge in [0.05, 0.1) is 6.61 Å². The van der Waals surface area contributed by atoms with Crippen molar-refractivity contribution >= 4 is 23.3 Å². The Morgan fingerprint density at radius 3 is 2.06 bits per heavy atom. The SMILES string of the molecule is CC(C)CC(CC(=O)c1ccc(-c2ccc(Cl)cc2)cc1)C(=O)NOCc1ccccc1. The summed E-state index contributed by atoms with van der Waals surface area (Å²) in [5, 5.41) is 0.683. The minimum absolute atomic E-state index is 0.0588. The maximum atomic E-state index is 12.9. The van der Waals surface area contributed by atoms with Gasteiger partial charge in [-0.05, 0) is 41.2 Å². The lowest BCUT2D eigenvalue weighted by Gasteiger charge is -2.18. The largest absolute Gasteiger partial charge is 0.294 e. The molecule has 1 unspecified atom stereocenters. The van der Waals surface area contributed by atoms with Crippen LogP contribution in [0.1, 0.15) is 42.6 Å². The highest BCUT2D eigenvalue weighted by atomic mass is 35.5. The second kappa shape index (κ2) is 11.6. The van der Waals surface area contributed by atoms with E-state index in [4.69, 9.17) is 16.4 Å². The summed E-state index contributed by atoms with van der Waals surface area (Å²) < 4.78 is 0. The molecular weight excluding hydrogens is 422 g/mol. The van der Waals surface area contributed by atoms with Crippen molar-refractivity contribution in [1.29, 1.82) is 0 Å². The molecule has 0 saturated carbocycles. The fourth-order valence-electron chi connectivity index (χ4n) is 3.53. The normalized spacial score (nSPS) is 11.9. The van der Waals surface area contributed by atoms with Gasteiger partial charge >= 0.3 is 0 Å². The number of nitrogens with one attached hydrogen (secondary N) is 1. The second-order valence-electron chi connectivity index (χ2n) is 8.28. The molecule has 0 heterocycles. The van der Waals surface area contributed by atoms with E-state index >= 15 is 0 Å². The Bertz CT molecular complexity index is 1020. The first kappa shape index (κ1) is 23.7. The zero-order valence-corrected chi connectivity index (χ0v) is 19.1. The molecule has 166 valence electrons. The summed E-state index contributed by atoms with van der Waals surface area (Å²) in [7, 11) is 0. The van der Waals surface area contributed by atoms with Gasteiger partial charge in [-0.2, -0.15) is 0 Å². The average Bonchev–Trinajstić information content (AvgIpc) is 2.79. The van der Waals surface area contributed by atoms with E-state index < -0.39 is 5.92 Å². The van der Waals surface area contributed by atoms with Crippen molar-refractivity contribution in [2.75, 3.05) is 0 Å². The van der Waals surface area contributed by atoms with Gasteiger partial charge < -0.3 is 0 Å². The fraction of sp³-hybridized carbons (Fsp3) is 0.259. The molecule has 4 nitrogen and oxygen atoms in total. The number of hydroxylamine groups is 1. The highest BCUT2D eigenvalue weighted by Gasteiger charge is 2.24. The number of ketones is 1. The lowest BCUT2D eigenvalue weighted by atomic mass is 9.89. The third-order valence-electron chi connectivity index (χ3n) is 5.20. The van der Waals surface area contributed by atoms with Crippen LogP contribution >= 0.6 is 11.6 Å². The molecule has 0 bridgehead atoms. The predicted molar refractivity (Wildman–Crippen MR) is 128 cm³/mol. The second-order valence-corrected chi connectivity index (χ2v) is 8.72. The van der Waals surface area contributed by atoms with E-state index in [1.54, 1.807) is 0 Å². The predicted octanol–water partition coefficient (Wildman–Crippen LogP) is 6.49. The molecule has 0 aliphatic rings. The Morgan fingerprint density at radius 1 is 0.875 bits per heavy atom. The minimum atomic E-state index is -0.450. The Kier molecular flexibility index (Phi) is 8.60. The summed E-state index contributed by atoms with van der Waals surface area (Å²) in [5.74, 6) is -0.494. The van der Waals surface area contributed by atoms with Gasteiger partial charge in [-0.1, -0.05) is 92.2 Å². The zero-order valence-electron chi connectivity index (χ0n) is 18.4. The highest BCUT2D eigenvalue weighted by Crippen LogP contribution is 2.24. The van der Waals surface area contributed by atoms with Crippen LogP contribution in [0.4, 0.5) is 0 Å². The first-order chi connectivity index (χ1) is 15.4. The number of benzene rings is 3. The van der Waals surface area contributed by atoms with Crippen LogP contribution in [-0.4, -0.2) is 11.7 Å². The number of hydrogen-bond acceptors (Lipinski definition) is 3. The maximum absolute atomic E-state index is 12.9. The molecule has 0 aliphatic heterocycles. The van der Waals surface area contributed by atoms with Gasteiger partial charge in [-0.15, -0.1) is 0 Å². The van der Waals surface area contributed by atoms with Gasteiger partial charge in [0.25, 0.3) is 0 Å². The molecule has 0 aromatic heterocycles. The number of carbonyl (C=O) groups is 2. The van der Waals surface area contributed by atoms with E-state index in [1.807, 2.05) is 92.7 Å². The molecule has 0 fully saturated rings. The van der Waals surface area contributed by atoms with E-state index in [0.717, 1.165) is 16.7 Å². The number of hydrogen-bond donors (Lipinski definition) is 1. The molecule has 3 aromatic rings. The van der Waals surface area contributed by atoms with Crippen molar-refractivity contribution in [2.45, 2.75) is 33.3 Å². The van der Waals surface area contributed by atoms with E-state index in [2.05, 4.69) is 5.48 Å². The Balaban J connectivity index is 1.60. The first-order valence-electron chi connectivity index (χ1n) is 10.8. The van der Waals surface area contributed by atoms with Crippen molar-refractivity contribution in [1.82, 2.24) is 5.48 Å². The highest BCUT2D eigenvalue weighted by molar-refractivity contribution is 6.30. The summed E-state index contributed by atoms with van der Waals surface area (Å²) in [4.78, 5) is 31.0. The summed E-state index contributed by atoms with van der Waals surface area (Å²) >= 11 is 5.95. The minimum Gasteiger partial charge on any atom is -0.294 e. The Labute approximate surface area is 194 Å². The van der Waals surface area contributed by atoms with E-state index in [1.165, 1.54) is 0 Å². The number of amides is 1. The fourth-order valence-corrected chi connectivity index (χ4v) is 3.66. The monoisotopic (exact) mass is 449 g/mol. The van der Waals surface area contributed by atoms with Crippen LogP contribution in [0.3, 0.4) is 0 Å². The number of halogens is 1. The molecule has 0 aliphatic carbocycles. The van der Waals surface area contributed by atoms with Crippen molar-refractivity contribution < 1.29 is 14.4 Å². The quantitative estimate of drug-likeness (QED) is 0.284. The summed E-state index contributed by atoms with van der Waals surface area (Å²) in [5.41, 5.74) is 6.11. The lowest BCUT2D eigenvalue weighted by Crippen LogP contribution is -2.33. The van der Waals surface area contributed by atoms with Crippen molar-refractivity contribution in [3.05, 3.63) is 95.0 Å². The molecule has 0 saturated heterocycles. The third kappa shape index (κ3) is 7.04. The molecule has 32 heavy (non-hydrogen) atoms. The summed E-state index contributed by atoms with van der Waals surface area (Å²) in [6, 6.07) is 24.6. The smallest absolute Gasteiger partial charge is 0.247 e. The summed E-state index contributed by atoms with van der Waals surface area (Å²) in [6.07, 6.45) is 0.744. The van der Waals surface area contributed by atoms with Gasteiger partial charge in [0, 0.05) is 22.9 Å². The van der Waals surface area contributed by atoms with E-state index in [-0.39, 0.29) is 30.6 Å². The van der Waals surface area contributed by atoms with Gasteiger partial charge in [0.15, 0.2) is 5.78 Å². The number of Topliss-reactive ketones (excluding diaryl/α,β-unsaturated/α-hetero) is 1. The molecule has 1 amide bonds. The van der Waals surface area contributed by atoms with Crippen LogP contribution in [0.25, 0.3) is 11.1 Å². The molecule has 3 aromatic carbocycles. The number of carbonyl (C=O) groups excluding carboxylic acids is 2. The van der Waals surface area contributed by atoms with Gasteiger partial charge in [-0.25, -0.2) is 5.48 Å². The van der Waals surface area contributed by atoms with Crippen LogP contribution in [-0.2, 0) is 16.2 Å². The van der Waals surface area contributed by atoms with Crippen LogP contribution in [0.5, 0.6) is 0 Å². The molecule has 0 radical (unpaired) electrons. The molecule has 1 N–H and O–H groups in total. The topological polar surface area (TPSA) is 55.4 Å². The maximum Gasteiger partial charge on any atom is 0.247 e. The van der Waals surface area contributed by atoms with Crippen LogP contribution in [0.2, 0.25) is 5.02 Å². The van der Waals surface area contributed by atoms with E-state index in [0.29, 0.717) is 17.0 Å². The Morgan fingerprint density at radius 2 is 1.47 bits per heavy atom. The van der Waals surface area contributed by atoms with Crippen molar-refractivity contribution in [3.8, 4) is 11.1 Å². The lowest BCUT2D eigenvalue weighted by molar-refractivity contribution is -0.139. The molecular formula is C27H28ClNO3.